The number of amides is 2. The molecule has 2 fully saturated rings. The van der Waals surface area contributed by atoms with Crippen LogP contribution in [-0.2, 0) is 9.53 Å². The van der Waals surface area contributed by atoms with Crippen molar-refractivity contribution in [2.75, 3.05) is 26.2 Å². The van der Waals surface area contributed by atoms with Crippen LogP contribution in [0, 0.1) is 11.8 Å². The number of halogens is 3. The van der Waals surface area contributed by atoms with E-state index in [0.717, 1.165) is 0 Å². The Morgan fingerprint density at radius 2 is 1.43 bits per heavy atom. The Morgan fingerprint density at radius 3 is 1.83 bits per heavy atom. The normalized spacial score (nSPS) is 28.6. The Hall–Kier alpha value is -1.51. The van der Waals surface area contributed by atoms with Crippen LogP contribution in [0.3, 0.4) is 0 Å². The largest absolute Gasteiger partial charge is 0.471 e. The van der Waals surface area contributed by atoms with Gasteiger partial charge in [-0.2, -0.15) is 13.2 Å². The third-order valence-corrected chi connectivity index (χ3v) is 3.97. The van der Waals surface area contributed by atoms with E-state index in [1.807, 2.05) is 0 Å². The lowest BCUT2D eigenvalue weighted by molar-refractivity contribution is -0.192. The average Bonchev–Trinajstić information content (AvgIpc) is 2.34. The molecule has 0 spiro atoms. The van der Waals surface area contributed by atoms with Crippen molar-refractivity contribution in [2.24, 2.45) is 11.8 Å². The summed E-state index contributed by atoms with van der Waals surface area (Å²) in [5, 5.41) is 10.1. The number of aliphatic hydroxyl groups excluding tert-OH is 1. The van der Waals surface area contributed by atoms with Gasteiger partial charge in [-0.05, 0) is 20.8 Å². The molecule has 2 bridgehead atoms. The van der Waals surface area contributed by atoms with E-state index in [2.05, 4.69) is 0 Å². The monoisotopic (exact) mass is 338 g/mol. The van der Waals surface area contributed by atoms with Crippen molar-refractivity contribution in [2.45, 2.75) is 38.7 Å². The van der Waals surface area contributed by atoms with Crippen molar-refractivity contribution >= 4 is 12.0 Å². The molecule has 0 saturated carbocycles. The number of carbonyl (C=O) groups excluding carboxylic acids is 2. The second-order valence-corrected chi connectivity index (χ2v) is 7.10. The molecular formula is C14H21F3N2O4. The van der Waals surface area contributed by atoms with Gasteiger partial charge in [-0.1, -0.05) is 0 Å². The SMILES string of the molecule is CC(C)(C)OC(=O)N1CC2CN(C(=O)C(F)(F)F)CC(C1)C2O. The quantitative estimate of drug-likeness (QED) is 0.721. The first-order chi connectivity index (χ1) is 10.4. The third kappa shape index (κ3) is 4.07. The number of alkyl halides is 3. The van der Waals surface area contributed by atoms with E-state index < -0.39 is 41.7 Å². The Morgan fingerprint density at radius 1 is 1.00 bits per heavy atom. The number of aliphatic hydroxyl groups is 1. The van der Waals surface area contributed by atoms with Crippen molar-refractivity contribution in [3.05, 3.63) is 0 Å². The predicted octanol–water partition coefficient (Wildman–Crippen LogP) is 1.23. The van der Waals surface area contributed by atoms with Crippen LogP contribution in [0.4, 0.5) is 18.0 Å². The van der Waals surface area contributed by atoms with Crippen LogP contribution in [0.1, 0.15) is 20.8 Å². The van der Waals surface area contributed by atoms with Crippen LogP contribution in [0.2, 0.25) is 0 Å². The molecule has 23 heavy (non-hydrogen) atoms. The maximum Gasteiger partial charge on any atom is 0.471 e. The van der Waals surface area contributed by atoms with Crippen LogP contribution in [0.5, 0.6) is 0 Å². The minimum absolute atomic E-state index is 0.0637. The number of fused-ring (bicyclic) bond motifs is 2. The Bertz CT molecular complexity index is 473. The average molecular weight is 338 g/mol. The zero-order valence-corrected chi connectivity index (χ0v) is 13.3. The van der Waals surface area contributed by atoms with Crippen LogP contribution < -0.4 is 0 Å². The second-order valence-electron chi connectivity index (χ2n) is 7.10. The number of likely N-dealkylation sites (tertiary alicyclic amines) is 2. The molecule has 2 rings (SSSR count). The number of ether oxygens (including phenoxy) is 1. The van der Waals surface area contributed by atoms with Gasteiger partial charge in [0, 0.05) is 38.0 Å². The molecule has 2 atom stereocenters. The maximum absolute atomic E-state index is 12.6. The van der Waals surface area contributed by atoms with Crippen molar-refractivity contribution in [1.82, 2.24) is 9.80 Å². The smallest absolute Gasteiger partial charge is 0.444 e. The molecule has 2 unspecified atom stereocenters. The molecule has 1 N–H and O–H groups in total. The van der Waals surface area contributed by atoms with Gasteiger partial charge in [-0.3, -0.25) is 4.79 Å². The summed E-state index contributed by atoms with van der Waals surface area (Å²) in [5.41, 5.74) is -0.680. The number of nitrogens with zero attached hydrogens (tertiary/aromatic N) is 2. The van der Waals surface area contributed by atoms with Gasteiger partial charge in [-0.25, -0.2) is 4.79 Å². The molecule has 0 aromatic rings. The van der Waals surface area contributed by atoms with Crippen LogP contribution in [0.25, 0.3) is 0 Å². The highest BCUT2D eigenvalue weighted by atomic mass is 19.4. The molecule has 2 heterocycles. The van der Waals surface area contributed by atoms with Gasteiger partial charge < -0.3 is 19.6 Å². The molecule has 132 valence electrons. The molecule has 2 aliphatic rings. The van der Waals surface area contributed by atoms with Gasteiger partial charge in [0.1, 0.15) is 5.60 Å². The van der Waals surface area contributed by atoms with Crippen molar-refractivity contribution in [1.29, 1.82) is 0 Å². The molecule has 2 saturated heterocycles. The lowest BCUT2D eigenvalue weighted by Crippen LogP contribution is -2.63. The first-order valence-corrected chi connectivity index (χ1v) is 7.40. The minimum Gasteiger partial charge on any atom is -0.444 e. The summed E-state index contributed by atoms with van der Waals surface area (Å²) in [6.07, 6.45) is -6.32. The first kappa shape index (κ1) is 17.8. The summed E-state index contributed by atoms with van der Waals surface area (Å²) in [6, 6.07) is 0. The standard InChI is InChI=1S/C14H21F3N2O4/c1-13(2,3)23-12(22)19-6-8-4-18(11(21)14(15,16)17)5-9(7-19)10(8)20/h8-10,20H,4-7H2,1-3H3. The summed E-state index contributed by atoms with van der Waals surface area (Å²) in [6.45, 7) is 4.82. The second kappa shape index (κ2) is 5.85. The number of hydrogen-bond donors (Lipinski definition) is 1. The molecule has 9 heteroatoms. The molecule has 0 aromatic heterocycles. The zero-order valence-electron chi connectivity index (χ0n) is 13.3. The van der Waals surface area contributed by atoms with Crippen molar-refractivity contribution < 1.29 is 32.6 Å². The molecule has 0 aromatic carbocycles. The fourth-order valence-electron chi connectivity index (χ4n) is 3.03. The van der Waals surface area contributed by atoms with Gasteiger partial charge in [-0.15, -0.1) is 0 Å². The number of piperidine rings is 2. The van der Waals surface area contributed by atoms with E-state index in [0.29, 0.717) is 4.90 Å². The topological polar surface area (TPSA) is 70.1 Å². The van der Waals surface area contributed by atoms with E-state index in [1.165, 1.54) is 4.90 Å². The highest BCUT2D eigenvalue weighted by Gasteiger charge is 2.50. The van der Waals surface area contributed by atoms with Gasteiger partial charge in [0.2, 0.25) is 0 Å². The van der Waals surface area contributed by atoms with E-state index >= 15 is 0 Å². The van der Waals surface area contributed by atoms with Crippen molar-refractivity contribution in [3.8, 4) is 0 Å². The molecule has 0 aliphatic carbocycles. The Labute approximate surface area is 132 Å². The zero-order chi connectivity index (χ0) is 17.6. The number of rotatable bonds is 0. The maximum atomic E-state index is 12.6. The summed E-state index contributed by atoms with van der Waals surface area (Å²) in [5.74, 6) is -3.12. The van der Waals surface area contributed by atoms with E-state index in [-0.39, 0.29) is 26.2 Å². The van der Waals surface area contributed by atoms with Crippen LogP contribution in [0.15, 0.2) is 0 Å². The van der Waals surface area contributed by atoms with Gasteiger partial charge in [0.15, 0.2) is 0 Å². The summed E-state index contributed by atoms with van der Waals surface area (Å²) >= 11 is 0. The first-order valence-electron chi connectivity index (χ1n) is 7.40. The minimum atomic E-state index is -4.93. The number of carbonyl (C=O) groups is 2. The summed E-state index contributed by atoms with van der Waals surface area (Å²) in [4.78, 5) is 25.6. The van der Waals surface area contributed by atoms with Gasteiger partial charge in [0.25, 0.3) is 0 Å². The highest BCUT2D eigenvalue weighted by Crippen LogP contribution is 2.32. The molecule has 6 nitrogen and oxygen atoms in total. The molecule has 0 radical (unpaired) electrons. The highest BCUT2D eigenvalue weighted by molar-refractivity contribution is 5.82. The molecule has 2 amide bonds. The number of hydrogen-bond acceptors (Lipinski definition) is 4. The fourth-order valence-corrected chi connectivity index (χ4v) is 3.03. The summed E-state index contributed by atoms with van der Waals surface area (Å²) < 4.78 is 42.9. The van der Waals surface area contributed by atoms with E-state index in [1.54, 1.807) is 20.8 Å². The van der Waals surface area contributed by atoms with Crippen LogP contribution >= 0.6 is 0 Å². The van der Waals surface area contributed by atoms with Gasteiger partial charge in [0.05, 0.1) is 6.10 Å². The van der Waals surface area contributed by atoms with Crippen LogP contribution in [-0.4, -0.2) is 71.0 Å². The summed E-state index contributed by atoms with van der Waals surface area (Å²) in [7, 11) is 0. The van der Waals surface area contributed by atoms with E-state index in [9.17, 15) is 27.9 Å². The fraction of sp³-hybridized carbons (Fsp3) is 0.857. The third-order valence-electron chi connectivity index (χ3n) is 3.97. The lowest BCUT2D eigenvalue weighted by atomic mass is 9.81. The molecular weight excluding hydrogens is 317 g/mol. The Kier molecular flexibility index (Phi) is 4.53. The molecule has 2 aliphatic heterocycles. The van der Waals surface area contributed by atoms with E-state index in [4.69, 9.17) is 4.74 Å². The lowest BCUT2D eigenvalue weighted by Gasteiger charge is -2.48. The van der Waals surface area contributed by atoms with Crippen molar-refractivity contribution in [3.63, 3.8) is 0 Å². The van der Waals surface area contributed by atoms with Gasteiger partial charge >= 0.3 is 18.2 Å². The predicted molar refractivity (Wildman–Crippen MR) is 73.4 cm³/mol. The Balaban J connectivity index is 2.05.